The summed E-state index contributed by atoms with van der Waals surface area (Å²) < 4.78 is 13.3. The quantitative estimate of drug-likeness (QED) is 0.792. The lowest BCUT2D eigenvalue weighted by molar-refractivity contribution is 0.541. The second kappa shape index (κ2) is 4.58. The van der Waals surface area contributed by atoms with E-state index in [1.165, 1.54) is 6.07 Å². The van der Waals surface area contributed by atoms with Crippen LogP contribution in [0.4, 0.5) is 4.39 Å². The lowest BCUT2D eigenvalue weighted by Gasteiger charge is -2.14. The first-order chi connectivity index (χ1) is 6.16. The Bertz CT molecular complexity index is 268. The SMILES string of the molecule is CCNC(C)c1c(F)cccc1Cl. The molecule has 13 heavy (non-hydrogen) atoms. The van der Waals surface area contributed by atoms with Crippen LogP contribution in [0.5, 0.6) is 0 Å². The Labute approximate surface area is 82.9 Å². The van der Waals surface area contributed by atoms with E-state index in [4.69, 9.17) is 11.6 Å². The lowest BCUT2D eigenvalue weighted by Crippen LogP contribution is -2.19. The predicted octanol–water partition coefficient (Wildman–Crippen LogP) is 3.15. The van der Waals surface area contributed by atoms with Crippen LogP contribution in [-0.4, -0.2) is 6.54 Å². The van der Waals surface area contributed by atoms with Crippen molar-refractivity contribution in [3.05, 3.63) is 34.6 Å². The summed E-state index contributed by atoms with van der Waals surface area (Å²) in [6.07, 6.45) is 0. The van der Waals surface area contributed by atoms with Crippen molar-refractivity contribution in [1.29, 1.82) is 0 Å². The molecule has 0 aliphatic heterocycles. The van der Waals surface area contributed by atoms with Gasteiger partial charge in [-0.05, 0) is 25.6 Å². The van der Waals surface area contributed by atoms with Crippen LogP contribution in [0.3, 0.4) is 0 Å². The molecule has 0 heterocycles. The molecule has 0 fully saturated rings. The van der Waals surface area contributed by atoms with E-state index >= 15 is 0 Å². The maximum absolute atomic E-state index is 13.3. The van der Waals surface area contributed by atoms with Crippen molar-refractivity contribution in [3.63, 3.8) is 0 Å². The molecule has 1 aromatic carbocycles. The van der Waals surface area contributed by atoms with E-state index < -0.39 is 0 Å². The summed E-state index contributed by atoms with van der Waals surface area (Å²) in [5.41, 5.74) is 0.547. The number of hydrogen-bond donors (Lipinski definition) is 1. The van der Waals surface area contributed by atoms with Crippen molar-refractivity contribution < 1.29 is 4.39 Å². The van der Waals surface area contributed by atoms with Gasteiger partial charge in [0.05, 0.1) is 0 Å². The van der Waals surface area contributed by atoms with Crippen molar-refractivity contribution in [2.24, 2.45) is 0 Å². The van der Waals surface area contributed by atoms with E-state index in [0.717, 1.165) is 6.54 Å². The fourth-order valence-electron chi connectivity index (χ4n) is 1.33. The largest absolute Gasteiger partial charge is 0.310 e. The molecule has 3 heteroatoms. The maximum Gasteiger partial charge on any atom is 0.129 e. The van der Waals surface area contributed by atoms with Crippen molar-refractivity contribution in [2.75, 3.05) is 6.54 Å². The van der Waals surface area contributed by atoms with Crippen molar-refractivity contribution in [3.8, 4) is 0 Å². The average Bonchev–Trinajstić information content (AvgIpc) is 2.04. The van der Waals surface area contributed by atoms with Gasteiger partial charge in [0.25, 0.3) is 0 Å². The molecule has 1 atom stereocenters. The van der Waals surface area contributed by atoms with Gasteiger partial charge in [0.15, 0.2) is 0 Å². The Balaban J connectivity index is 2.98. The minimum absolute atomic E-state index is 0.0429. The monoisotopic (exact) mass is 201 g/mol. The normalized spacial score (nSPS) is 12.9. The first kappa shape index (κ1) is 10.5. The van der Waals surface area contributed by atoms with Gasteiger partial charge in [0.1, 0.15) is 5.82 Å². The Morgan fingerprint density at radius 3 is 2.77 bits per heavy atom. The first-order valence-corrected chi connectivity index (χ1v) is 4.72. The molecule has 0 aliphatic carbocycles. The van der Waals surface area contributed by atoms with Gasteiger partial charge in [0, 0.05) is 16.6 Å². The second-order valence-electron chi connectivity index (χ2n) is 2.91. The smallest absolute Gasteiger partial charge is 0.129 e. The summed E-state index contributed by atoms with van der Waals surface area (Å²) in [6, 6.07) is 4.70. The van der Waals surface area contributed by atoms with Gasteiger partial charge in [-0.2, -0.15) is 0 Å². The van der Waals surface area contributed by atoms with E-state index in [1.807, 2.05) is 13.8 Å². The third kappa shape index (κ3) is 2.42. The second-order valence-corrected chi connectivity index (χ2v) is 3.32. The molecule has 0 aromatic heterocycles. The minimum atomic E-state index is -0.249. The molecule has 0 saturated heterocycles. The number of halogens is 2. The Morgan fingerprint density at radius 2 is 2.23 bits per heavy atom. The molecular weight excluding hydrogens is 189 g/mol. The summed E-state index contributed by atoms with van der Waals surface area (Å²) in [7, 11) is 0. The van der Waals surface area contributed by atoms with Crippen LogP contribution in [0, 0.1) is 5.82 Å². The molecule has 0 spiro atoms. The van der Waals surface area contributed by atoms with Crippen LogP contribution in [-0.2, 0) is 0 Å². The van der Waals surface area contributed by atoms with Gasteiger partial charge in [-0.15, -0.1) is 0 Å². The topological polar surface area (TPSA) is 12.0 Å². The summed E-state index contributed by atoms with van der Waals surface area (Å²) in [5, 5.41) is 3.60. The number of nitrogens with one attached hydrogen (secondary N) is 1. The van der Waals surface area contributed by atoms with E-state index in [2.05, 4.69) is 5.32 Å². The predicted molar refractivity (Wildman–Crippen MR) is 53.5 cm³/mol. The zero-order valence-corrected chi connectivity index (χ0v) is 8.53. The van der Waals surface area contributed by atoms with Crippen molar-refractivity contribution >= 4 is 11.6 Å². The zero-order valence-electron chi connectivity index (χ0n) is 7.77. The Morgan fingerprint density at radius 1 is 1.54 bits per heavy atom. The number of benzene rings is 1. The molecule has 0 aliphatic rings. The first-order valence-electron chi connectivity index (χ1n) is 4.34. The standard InChI is InChI=1S/C10H13ClFN/c1-3-13-7(2)10-8(11)5-4-6-9(10)12/h4-7,13H,3H2,1-2H3. The van der Waals surface area contributed by atoms with Gasteiger partial charge < -0.3 is 5.32 Å². The van der Waals surface area contributed by atoms with Gasteiger partial charge in [-0.25, -0.2) is 4.39 Å². The molecule has 1 rings (SSSR count). The van der Waals surface area contributed by atoms with E-state index in [-0.39, 0.29) is 11.9 Å². The van der Waals surface area contributed by atoms with Gasteiger partial charge in [0.2, 0.25) is 0 Å². The van der Waals surface area contributed by atoms with E-state index in [0.29, 0.717) is 10.6 Å². The molecule has 72 valence electrons. The van der Waals surface area contributed by atoms with Gasteiger partial charge >= 0.3 is 0 Å². The van der Waals surface area contributed by atoms with Crippen molar-refractivity contribution in [2.45, 2.75) is 19.9 Å². The van der Waals surface area contributed by atoms with E-state index in [1.54, 1.807) is 12.1 Å². The van der Waals surface area contributed by atoms with Crippen LogP contribution < -0.4 is 5.32 Å². The Hall–Kier alpha value is -0.600. The van der Waals surface area contributed by atoms with Gasteiger partial charge in [-0.3, -0.25) is 0 Å². The van der Waals surface area contributed by atoms with Gasteiger partial charge in [-0.1, -0.05) is 24.6 Å². The van der Waals surface area contributed by atoms with Crippen LogP contribution in [0.25, 0.3) is 0 Å². The molecule has 1 nitrogen and oxygen atoms in total. The lowest BCUT2D eigenvalue weighted by atomic mass is 10.1. The van der Waals surface area contributed by atoms with Crippen LogP contribution >= 0.6 is 11.6 Å². The molecule has 0 saturated carbocycles. The molecule has 1 aromatic rings. The minimum Gasteiger partial charge on any atom is -0.310 e. The molecule has 0 amide bonds. The fourth-order valence-corrected chi connectivity index (χ4v) is 1.66. The number of hydrogen-bond acceptors (Lipinski definition) is 1. The number of rotatable bonds is 3. The van der Waals surface area contributed by atoms with Crippen molar-refractivity contribution in [1.82, 2.24) is 5.32 Å². The average molecular weight is 202 g/mol. The maximum atomic E-state index is 13.3. The highest BCUT2D eigenvalue weighted by Crippen LogP contribution is 2.25. The summed E-state index contributed by atoms with van der Waals surface area (Å²) in [5.74, 6) is -0.249. The third-order valence-corrected chi connectivity index (χ3v) is 2.27. The molecular formula is C10H13ClFN. The third-order valence-electron chi connectivity index (χ3n) is 1.94. The van der Waals surface area contributed by atoms with E-state index in [9.17, 15) is 4.39 Å². The van der Waals surface area contributed by atoms with Crippen LogP contribution in [0.15, 0.2) is 18.2 Å². The summed E-state index contributed by atoms with van der Waals surface area (Å²) in [6.45, 7) is 4.67. The highest BCUT2D eigenvalue weighted by molar-refractivity contribution is 6.31. The highest BCUT2D eigenvalue weighted by atomic mass is 35.5. The molecule has 1 N–H and O–H groups in total. The molecule has 1 unspecified atom stereocenters. The molecule has 0 bridgehead atoms. The fraction of sp³-hybridized carbons (Fsp3) is 0.400. The summed E-state index contributed by atoms with van der Waals surface area (Å²) in [4.78, 5) is 0. The molecule has 0 radical (unpaired) electrons. The highest BCUT2D eigenvalue weighted by Gasteiger charge is 2.12. The van der Waals surface area contributed by atoms with Crippen LogP contribution in [0.1, 0.15) is 25.5 Å². The van der Waals surface area contributed by atoms with Crippen LogP contribution in [0.2, 0.25) is 5.02 Å². The zero-order chi connectivity index (χ0) is 9.84. The summed E-state index contributed by atoms with van der Waals surface area (Å²) >= 11 is 5.88. The Kier molecular flexibility index (Phi) is 3.70.